The van der Waals surface area contributed by atoms with E-state index in [9.17, 15) is 18.3 Å². The number of sulfonamides is 1. The molecule has 7 heteroatoms. The highest BCUT2D eigenvalue weighted by Gasteiger charge is 2.34. The fourth-order valence-electron chi connectivity index (χ4n) is 3.92. The summed E-state index contributed by atoms with van der Waals surface area (Å²) in [4.78, 5) is 12.7. The van der Waals surface area contributed by atoms with Gasteiger partial charge in [0.2, 0.25) is 15.9 Å². The summed E-state index contributed by atoms with van der Waals surface area (Å²) in [6.07, 6.45) is 2.58. The molecule has 1 saturated carbocycles. The SMILES string of the molecule is CC(O)(c1ccccc1)c1ccc(NC(=O)C2CCC(NS(=O)(=O)C(C)(C)C)CC2)cc1. The third-order valence-corrected chi connectivity index (χ3v) is 8.53. The lowest BCUT2D eigenvalue weighted by molar-refractivity contribution is -0.120. The fourth-order valence-corrected chi connectivity index (χ4v) is 4.95. The molecule has 0 aromatic heterocycles. The Morgan fingerprint density at radius 3 is 1.94 bits per heavy atom. The van der Waals surface area contributed by atoms with Crippen molar-refractivity contribution in [3.8, 4) is 0 Å². The van der Waals surface area contributed by atoms with E-state index in [1.807, 2.05) is 42.5 Å². The standard InChI is InChI=1S/C25H34N2O4S/c1-24(2,3)32(30,31)27-22-14-10-18(11-15-22)23(28)26-21-16-12-20(13-17-21)25(4,29)19-8-6-5-7-9-19/h5-9,12-13,16-18,22,27,29H,10-11,14-15H2,1-4H3,(H,26,28). The number of amides is 1. The molecule has 1 fully saturated rings. The molecule has 0 spiro atoms. The molecule has 0 aliphatic heterocycles. The molecular weight excluding hydrogens is 424 g/mol. The summed E-state index contributed by atoms with van der Waals surface area (Å²) in [7, 11) is -3.39. The van der Waals surface area contributed by atoms with Crippen molar-refractivity contribution in [2.24, 2.45) is 5.92 Å². The average Bonchev–Trinajstić information content (AvgIpc) is 2.74. The first-order valence-electron chi connectivity index (χ1n) is 11.1. The molecule has 3 N–H and O–H groups in total. The molecule has 0 saturated heterocycles. The lowest BCUT2D eigenvalue weighted by Gasteiger charge is -2.30. The van der Waals surface area contributed by atoms with Crippen LogP contribution in [-0.2, 0) is 20.4 Å². The van der Waals surface area contributed by atoms with Gasteiger partial charge in [-0.1, -0.05) is 42.5 Å². The third-order valence-electron chi connectivity index (χ3n) is 6.28. The average molecular weight is 459 g/mol. The van der Waals surface area contributed by atoms with Gasteiger partial charge in [-0.05, 0) is 76.6 Å². The minimum absolute atomic E-state index is 0.0512. The second-order valence-electron chi connectivity index (χ2n) is 9.79. The second-order valence-corrected chi connectivity index (χ2v) is 12.3. The molecule has 1 amide bonds. The van der Waals surface area contributed by atoms with Gasteiger partial charge >= 0.3 is 0 Å². The minimum Gasteiger partial charge on any atom is -0.381 e. The van der Waals surface area contributed by atoms with Crippen molar-refractivity contribution in [2.75, 3.05) is 5.32 Å². The maximum atomic E-state index is 12.7. The van der Waals surface area contributed by atoms with Crippen LogP contribution in [0.2, 0.25) is 0 Å². The number of carbonyl (C=O) groups is 1. The van der Waals surface area contributed by atoms with E-state index in [0.29, 0.717) is 31.4 Å². The van der Waals surface area contributed by atoms with E-state index in [0.717, 1.165) is 11.1 Å². The van der Waals surface area contributed by atoms with Crippen LogP contribution in [-0.4, -0.2) is 30.2 Å². The molecule has 32 heavy (non-hydrogen) atoms. The Kier molecular flexibility index (Phi) is 7.12. The van der Waals surface area contributed by atoms with Gasteiger partial charge in [-0.15, -0.1) is 0 Å². The molecule has 0 heterocycles. The Bertz CT molecular complexity index is 1020. The number of nitrogens with one attached hydrogen (secondary N) is 2. The summed E-state index contributed by atoms with van der Waals surface area (Å²) in [5.41, 5.74) is 1.10. The summed E-state index contributed by atoms with van der Waals surface area (Å²) in [6.45, 7) is 6.79. The van der Waals surface area contributed by atoms with Crippen molar-refractivity contribution in [3.05, 3.63) is 65.7 Å². The number of aliphatic hydroxyl groups is 1. The normalized spacial score (nSPS) is 21.5. The Hall–Kier alpha value is -2.22. The Labute approximate surface area is 191 Å². The van der Waals surface area contributed by atoms with Crippen molar-refractivity contribution in [1.29, 1.82) is 0 Å². The number of rotatable bonds is 6. The molecule has 0 bridgehead atoms. The molecule has 2 aromatic carbocycles. The van der Waals surface area contributed by atoms with Gasteiger partial charge in [0.1, 0.15) is 5.60 Å². The lowest BCUT2D eigenvalue weighted by atomic mass is 9.86. The number of benzene rings is 2. The van der Waals surface area contributed by atoms with Crippen LogP contribution in [0.25, 0.3) is 0 Å². The highest BCUT2D eigenvalue weighted by Crippen LogP contribution is 2.31. The first-order valence-corrected chi connectivity index (χ1v) is 12.6. The molecule has 1 unspecified atom stereocenters. The van der Waals surface area contributed by atoms with E-state index in [1.54, 1.807) is 39.8 Å². The van der Waals surface area contributed by atoms with E-state index in [2.05, 4.69) is 10.0 Å². The molecule has 3 rings (SSSR count). The van der Waals surface area contributed by atoms with Gasteiger partial charge in [-0.25, -0.2) is 13.1 Å². The van der Waals surface area contributed by atoms with Crippen LogP contribution in [0.1, 0.15) is 64.5 Å². The monoisotopic (exact) mass is 458 g/mol. The summed E-state index contributed by atoms with van der Waals surface area (Å²) >= 11 is 0. The van der Waals surface area contributed by atoms with Crippen molar-refractivity contribution >= 4 is 21.6 Å². The zero-order valence-electron chi connectivity index (χ0n) is 19.3. The lowest BCUT2D eigenvalue weighted by Crippen LogP contribution is -2.46. The van der Waals surface area contributed by atoms with Crippen LogP contribution < -0.4 is 10.0 Å². The number of hydrogen-bond donors (Lipinski definition) is 3. The van der Waals surface area contributed by atoms with Gasteiger partial charge < -0.3 is 10.4 Å². The van der Waals surface area contributed by atoms with Crippen LogP contribution in [0.15, 0.2) is 54.6 Å². The Morgan fingerprint density at radius 2 is 1.41 bits per heavy atom. The van der Waals surface area contributed by atoms with Gasteiger partial charge in [0.25, 0.3) is 0 Å². The van der Waals surface area contributed by atoms with Crippen LogP contribution in [0.4, 0.5) is 5.69 Å². The quantitative estimate of drug-likeness (QED) is 0.606. The topological polar surface area (TPSA) is 95.5 Å². The van der Waals surface area contributed by atoms with Gasteiger partial charge in [-0.3, -0.25) is 4.79 Å². The molecule has 174 valence electrons. The Morgan fingerprint density at radius 1 is 0.875 bits per heavy atom. The van der Waals surface area contributed by atoms with Crippen LogP contribution in [0, 0.1) is 5.92 Å². The van der Waals surface area contributed by atoms with Crippen molar-refractivity contribution < 1.29 is 18.3 Å². The summed E-state index contributed by atoms with van der Waals surface area (Å²) in [6, 6.07) is 16.6. The predicted molar refractivity (Wildman–Crippen MR) is 128 cm³/mol. The molecule has 1 aliphatic rings. The van der Waals surface area contributed by atoms with Crippen LogP contribution in [0.5, 0.6) is 0 Å². The first-order chi connectivity index (χ1) is 14.9. The van der Waals surface area contributed by atoms with E-state index in [4.69, 9.17) is 0 Å². The molecule has 1 atom stereocenters. The van der Waals surface area contributed by atoms with Crippen LogP contribution >= 0.6 is 0 Å². The van der Waals surface area contributed by atoms with Crippen LogP contribution in [0.3, 0.4) is 0 Å². The van der Waals surface area contributed by atoms with E-state index >= 15 is 0 Å². The maximum Gasteiger partial charge on any atom is 0.227 e. The first kappa shape index (κ1) is 24.4. The Balaban J connectivity index is 1.56. The molecule has 0 radical (unpaired) electrons. The highest BCUT2D eigenvalue weighted by atomic mass is 32.2. The van der Waals surface area contributed by atoms with E-state index < -0.39 is 20.4 Å². The molecule has 6 nitrogen and oxygen atoms in total. The molecular formula is C25H34N2O4S. The number of anilines is 1. The van der Waals surface area contributed by atoms with Crippen molar-refractivity contribution in [3.63, 3.8) is 0 Å². The number of carbonyl (C=O) groups excluding carboxylic acids is 1. The van der Waals surface area contributed by atoms with E-state index in [-0.39, 0.29) is 17.9 Å². The van der Waals surface area contributed by atoms with Crippen molar-refractivity contribution in [2.45, 2.75) is 69.8 Å². The van der Waals surface area contributed by atoms with Gasteiger partial charge in [0, 0.05) is 17.6 Å². The smallest absolute Gasteiger partial charge is 0.227 e. The fraction of sp³-hybridized carbons (Fsp3) is 0.480. The van der Waals surface area contributed by atoms with Gasteiger partial charge in [-0.2, -0.15) is 0 Å². The summed E-state index contributed by atoms with van der Waals surface area (Å²) in [5, 5.41) is 13.9. The minimum atomic E-state index is -3.39. The van der Waals surface area contributed by atoms with Gasteiger partial charge in [0.05, 0.1) is 4.75 Å². The summed E-state index contributed by atoms with van der Waals surface area (Å²) < 4.78 is 26.7. The van der Waals surface area contributed by atoms with E-state index in [1.165, 1.54) is 0 Å². The predicted octanol–water partition coefficient (Wildman–Crippen LogP) is 4.16. The zero-order chi connectivity index (χ0) is 23.6. The van der Waals surface area contributed by atoms with Gasteiger partial charge in [0.15, 0.2) is 0 Å². The highest BCUT2D eigenvalue weighted by molar-refractivity contribution is 7.90. The largest absolute Gasteiger partial charge is 0.381 e. The molecule has 2 aromatic rings. The summed E-state index contributed by atoms with van der Waals surface area (Å²) in [5.74, 6) is -0.192. The third kappa shape index (κ3) is 5.57. The zero-order valence-corrected chi connectivity index (χ0v) is 20.1. The second kappa shape index (κ2) is 9.33. The number of hydrogen-bond acceptors (Lipinski definition) is 4. The maximum absolute atomic E-state index is 12.7. The molecule has 1 aliphatic carbocycles. The van der Waals surface area contributed by atoms with Crippen molar-refractivity contribution in [1.82, 2.24) is 4.72 Å².